The second-order valence-corrected chi connectivity index (χ2v) is 8.30. The van der Waals surface area contributed by atoms with E-state index in [4.69, 9.17) is 18.9 Å². The minimum atomic E-state index is -0.632. The van der Waals surface area contributed by atoms with E-state index in [1.165, 1.54) is 32.3 Å². The lowest BCUT2D eigenvalue weighted by atomic mass is 10.1. The molecule has 0 radical (unpaired) electrons. The minimum Gasteiger partial charge on any atom is -0.496 e. The first-order valence-corrected chi connectivity index (χ1v) is 11.1. The Morgan fingerprint density at radius 3 is 2.33 bits per heavy atom. The summed E-state index contributed by atoms with van der Waals surface area (Å²) >= 11 is 1.67. The molecule has 0 fully saturated rings. The molecule has 2 heterocycles. The van der Waals surface area contributed by atoms with Crippen molar-refractivity contribution in [3.05, 3.63) is 69.2 Å². The molecule has 3 aromatic rings. The van der Waals surface area contributed by atoms with Gasteiger partial charge in [-0.05, 0) is 43.5 Å². The molecule has 0 spiro atoms. The van der Waals surface area contributed by atoms with Crippen molar-refractivity contribution >= 4 is 29.2 Å². The number of aryl methyl sites for hydroxylation is 1. The predicted molar refractivity (Wildman–Crippen MR) is 128 cm³/mol. The normalized spacial score (nSPS) is 10.9. The highest BCUT2D eigenvalue weighted by Gasteiger charge is 2.17. The van der Waals surface area contributed by atoms with Crippen LogP contribution in [0.25, 0.3) is 6.08 Å². The molecule has 0 aliphatic rings. The molecule has 0 atom stereocenters. The van der Waals surface area contributed by atoms with Gasteiger partial charge < -0.3 is 23.5 Å². The maximum atomic E-state index is 12.7. The number of nitrogens with zero attached hydrogens (tertiary/aromatic N) is 1. The topological polar surface area (TPSA) is 76.0 Å². The van der Waals surface area contributed by atoms with Crippen LogP contribution in [0, 0.1) is 13.8 Å². The predicted octanol–water partition coefficient (Wildman–Crippen LogP) is 4.68. The van der Waals surface area contributed by atoms with Crippen molar-refractivity contribution in [1.29, 1.82) is 0 Å². The van der Waals surface area contributed by atoms with E-state index in [0.29, 0.717) is 34.9 Å². The number of aromatic nitrogens is 1. The minimum absolute atomic E-state index is 0.244. The molecule has 0 bridgehead atoms. The molecule has 7 nitrogen and oxygen atoms in total. The monoisotopic (exact) mass is 469 g/mol. The van der Waals surface area contributed by atoms with Gasteiger partial charge in [-0.3, -0.25) is 4.79 Å². The summed E-state index contributed by atoms with van der Waals surface area (Å²) in [5.41, 5.74) is 3.00. The quantitative estimate of drug-likeness (QED) is 0.244. The average molecular weight is 470 g/mol. The molecular weight excluding hydrogens is 442 g/mol. The Hall–Kier alpha value is -3.52. The van der Waals surface area contributed by atoms with Crippen molar-refractivity contribution in [2.75, 3.05) is 27.9 Å². The van der Waals surface area contributed by atoms with Crippen LogP contribution in [0.5, 0.6) is 17.2 Å². The lowest BCUT2D eigenvalue weighted by Gasteiger charge is -2.12. The van der Waals surface area contributed by atoms with Gasteiger partial charge in [0.15, 0.2) is 18.1 Å². The van der Waals surface area contributed by atoms with E-state index in [0.717, 1.165) is 11.4 Å². The highest BCUT2D eigenvalue weighted by atomic mass is 32.1. The summed E-state index contributed by atoms with van der Waals surface area (Å²) in [6.45, 7) is 4.23. The molecule has 0 unspecified atom stereocenters. The number of ether oxygens (including phenoxy) is 4. The smallest absolute Gasteiger partial charge is 0.331 e. The zero-order valence-electron chi connectivity index (χ0n) is 19.3. The van der Waals surface area contributed by atoms with Gasteiger partial charge in [0, 0.05) is 39.5 Å². The SMILES string of the molecule is COc1cc(OC)c(OC)cc1/C=C/C(=O)OCC(=O)c1cc(C)n(Cc2cccs2)c1C. The van der Waals surface area contributed by atoms with Gasteiger partial charge in [-0.1, -0.05) is 6.07 Å². The van der Waals surface area contributed by atoms with Crippen LogP contribution in [-0.2, 0) is 16.1 Å². The van der Waals surface area contributed by atoms with E-state index in [-0.39, 0.29) is 12.4 Å². The van der Waals surface area contributed by atoms with E-state index in [1.807, 2.05) is 31.4 Å². The molecule has 0 aliphatic carbocycles. The first kappa shape index (κ1) is 24.1. The summed E-state index contributed by atoms with van der Waals surface area (Å²) in [4.78, 5) is 26.1. The van der Waals surface area contributed by atoms with Gasteiger partial charge in [0.2, 0.25) is 5.78 Å². The molecule has 8 heteroatoms. The molecule has 2 aromatic heterocycles. The van der Waals surface area contributed by atoms with Crippen molar-refractivity contribution in [3.63, 3.8) is 0 Å². The molecular formula is C25H27NO6S. The number of methoxy groups -OCH3 is 3. The second-order valence-electron chi connectivity index (χ2n) is 7.26. The van der Waals surface area contributed by atoms with E-state index < -0.39 is 5.97 Å². The fourth-order valence-corrected chi connectivity index (χ4v) is 4.18. The number of carbonyl (C=O) groups is 2. The average Bonchev–Trinajstić information content (AvgIpc) is 3.44. The summed E-state index contributed by atoms with van der Waals surface area (Å²) in [5, 5.41) is 2.03. The van der Waals surface area contributed by atoms with Crippen molar-refractivity contribution in [2.24, 2.45) is 0 Å². The first-order valence-electron chi connectivity index (χ1n) is 10.2. The van der Waals surface area contributed by atoms with Crippen LogP contribution < -0.4 is 14.2 Å². The summed E-state index contributed by atoms with van der Waals surface area (Å²) in [7, 11) is 4.57. The molecule has 33 heavy (non-hydrogen) atoms. The van der Waals surface area contributed by atoms with Crippen molar-refractivity contribution in [3.8, 4) is 17.2 Å². The number of ketones is 1. The fourth-order valence-electron chi connectivity index (χ4n) is 3.49. The second kappa shape index (κ2) is 10.9. The molecule has 174 valence electrons. The zero-order chi connectivity index (χ0) is 24.0. The van der Waals surface area contributed by atoms with Gasteiger partial charge in [-0.2, -0.15) is 0 Å². The molecule has 0 amide bonds. The molecule has 0 saturated carbocycles. The number of thiophene rings is 1. The summed E-state index contributed by atoms with van der Waals surface area (Å²) in [5.74, 6) is 0.639. The molecule has 3 rings (SSSR count). The Kier molecular flexibility index (Phi) is 7.95. The number of carbonyl (C=O) groups excluding carboxylic acids is 2. The summed E-state index contributed by atoms with van der Waals surface area (Å²) in [6.07, 6.45) is 2.79. The van der Waals surface area contributed by atoms with Crippen LogP contribution in [0.15, 0.2) is 41.8 Å². The Morgan fingerprint density at radius 2 is 1.70 bits per heavy atom. The van der Waals surface area contributed by atoms with Gasteiger partial charge in [-0.25, -0.2) is 4.79 Å². The largest absolute Gasteiger partial charge is 0.496 e. The van der Waals surface area contributed by atoms with E-state index in [9.17, 15) is 9.59 Å². The van der Waals surface area contributed by atoms with Crippen LogP contribution >= 0.6 is 11.3 Å². The Morgan fingerprint density at radius 1 is 1.00 bits per heavy atom. The molecule has 0 aliphatic heterocycles. The third-order valence-electron chi connectivity index (χ3n) is 5.25. The van der Waals surface area contributed by atoms with Gasteiger partial charge in [-0.15, -0.1) is 11.3 Å². The van der Waals surface area contributed by atoms with Gasteiger partial charge in [0.05, 0.1) is 27.9 Å². The zero-order valence-corrected chi connectivity index (χ0v) is 20.2. The van der Waals surface area contributed by atoms with Crippen LogP contribution in [0.4, 0.5) is 0 Å². The molecule has 0 saturated heterocycles. The molecule has 1 aromatic carbocycles. The van der Waals surface area contributed by atoms with Gasteiger partial charge in [0.1, 0.15) is 5.75 Å². The number of esters is 1. The van der Waals surface area contributed by atoms with Crippen LogP contribution in [0.1, 0.15) is 32.2 Å². The van der Waals surface area contributed by atoms with Gasteiger partial charge in [0.25, 0.3) is 0 Å². The third-order valence-corrected chi connectivity index (χ3v) is 6.11. The first-order chi connectivity index (χ1) is 15.9. The number of rotatable bonds is 10. The lowest BCUT2D eigenvalue weighted by Crippen LogP contribution is -2.13. The number of hydrogen-bond acceptors (Lipinski definition) is 7. The van der Waals surface area contributed by atoms with Crippen molar-refractivity contribution in [2.45, 2.75) is 20.4 Å². The lowest BCUT2D eigenvalue weighted by molar-refractivity contribution is -0.136. The number of benzene rings is 1. The van der Waals surface area contributed by atoms with Crippen LogP contribution in [0.3, 0.4) is 0 Å². The summed E-state index contributed by atoms with van der Waals surface area (Å²) < 4.78 is 23.2. The van der Waals surface area contributed by atoms with Crippen molar-refractivity contribution < 1.29 is 28.5 Å². The van der Waals surface area contributed by atoms with E-state index in [1.54, 1.807) is 29.5 Å². The Labute approximate surface area is 197 Å². The van der Waals surface area contributed by atoms with E-state index >= 15 is 0 Å². The summed E-state index contributed by atoms with van der Waals surface area (Å²) in [6, 6.07) is 9.26. The number of Topliss-reactive ketones (excluding diaryl/α,β-unsaturated/α-hetero) is 1. The third kappa shape index (κ3) is 5.64. The molecule has 0 N–H and O–H groups in total. The van der Waals surface area contributed by atoms with Crippen molar-refractivity contribution in [1.82, 2.24) is 4.57 Å². The highest BCUT2D eigenvalue weighted by molar-refractivity contribution is 7.09. The van der Waals surface area contributed by atoms with E-state index in [2.05, 4.69) is 10.6 Å². The standard InChI is InChI=1S/C25H27NO6S/c1-16-11-20(17(2)26(16)14-19-7-6-10-33-19)21(27)15-32-25(28)9-8-18-12-23(30-4)24(31-5)13-22(18)29-3/h6-13H,14-15H2,1-5H3/b9-8+. The Bertz CT molecular complexity index is 1160. The maximum absolute atomic E-state index is 12.7. The maximum Gasteiger partial charge on any atom is 0.331 e. The highest BCUT2D eigenvalue weighted by Crippen LogP contribution is 2.35. The fraction of sp³-hybridized carbons (Fsp3) is 0.280. The van der Waals surface area contributed by atoms with Gasteiger partial charge >= 0.3 is 5.97 Å². The van der Waals surface area contributed by atoms with Crippen LogP contribution in [0.2, 0.25) is 0 Å². The van der Waals surface area contributed by atoms with Crippen LogP contribution in [-0.4, -0.2) is 44.3 Å². The Balaban J connectivity index is 1.66. The number of hydrogen-bond donors (Lipinski definition) is 0.